The van der Waals surface area contributed by atoms with Crippen LogP contribution < -0.4 is 10.0 Å². The largest absolute Gasteiger partial charge is 0.325 e. The maximum atomic E-state index is 12.7. The molecule has 0 aliphatic carbocycles. The third kappa shape index (κ3) is 4.32. The lowest BCUT2D eigenvalue weighted by Gasteiger charge is -2.35. The first kappa shape index (κ1) is 19.0. The van der Waals surface area contributed by atoms with Gasteiger partial charge in [-0.3, -0.25) is 4.79 Å². The summed E-state index contributed by atoms with van der Waals surface area (Å²) in [7, 11) is -2.32. The van der Waals surface area contributed by atoms with Crippen LogP contribution in [0.2, 0.25) is 0 Å². The molecule has 2 heterocycles. The highest BCUT2D eigenvalue weighted by Gasteiger charge is 2.40. The third-order valence-corrected chi connectivity index (χ3v) is 7.38. The number of amides is 1. The lowest BCUT2D eigenvalue weighted by molar-refractivity contribution is -0.120. The Morgan fingerprint density at radius 3 is 2.60 bits per heavy atom. The van der Waals surface area contributed by atoms with Crippen molar-refractivity contribution in [2.45, 2.75) is 18.5 Å². The number of rotatable bonds is 3. The normalized spacial score (nSPS) is 23.3. The minimum Gasteiger partial charge on any atom is -0.325 e. The molecule has 0 saturated carbocycles. The van der Waals surface area contributed by atoms with Crippen molar-refractivity contribution < 1.29 is 13.2 Å². The molecule has 1 aliphatic rings. The molecule has 1 aromatic carbocycles. The second kappa shape index (κ2) is 7.45. The van der Waals surface area contributed by atoms with E-state index in [1.807, 2.05) is 23.6 Å². The molecule has 134 valence electrons. The molecule has 2 aromatic rings. The minimum absolute atomic E-state index is 0.358. The molecule has 0 unspecified atom stereocenters. The van der Waals surface area contributed by atoms with Gasteiger partial charge in [-0.15, -0.1) is 11.3 Å². The lowest BCUT2D eigenvalue weighted by atomic mass is 10.1. The zero-order valence-corrected chi connectivity index (χ0v) is 17.9. The standard InChI is InChI=1S/C15H15Br2N3O3S2/c1-20-13(15(21)18-11-6-9(16)5-10(17)7-11)8-12(19-25(20,22)23)14-3-2-4-24-14/h2-7,12-13,19H,8H2,1H3,(H,18,21)/t12-,13+/m1/s1. The monoisotopic (exact) mass is 507 g/mol. The predicted octanol–water partition coefficient (Wildman–Crippen LogP) is 3.49. The zero-order chi connectivity index (χ0) is 18.2. The molecule has 2 N–H and O–H groups in total. The predicted molar refractivity (Wildman–Crippen MR) is 106 cm³/mol. The van der Waals surface area contributed by atoms with Crippen molar-refractivity contribution in [2.24, 2.45) is 0 Å². The van der Waals surface area contributed by atoms with Crippen LogP contribution in [-0.2, 0) is 15.0 Å². The number of nitrogens with one attached hydrogen (secondary N) is 2. The van der Waals surface area contributed by atoms with Crippen LogP contribution in [0.5, 0.6) is 0 Å². The highest BCUT2D eigenvalue weighted by atomic mass is 79.9. The summed E-state index contributed by atoms with van der Waals surface area (Å²) < 4.78 is 30.1. The van der Waals surface area contributed by atoms with E-state index in [2.05, 4.69) is 41.9 Å². The van der Waals surface area contributed by atoms with Crippen molar-refractivity contribution in [3.8, 4) is 0 Å². The van der Waals surface area contributed by atoms with Crippen LogP contribution in [0.25, 0.3) is 0 Å². The fraction of sp³-hybridized carbons (Fsp3) is 0.267. The van der Waals surface area contributed by atoms with Crippen LogP contribution in [0.3, 0.4) is 0 Å². The van der Waals surface area contributed by atoms with Crippen LogP contribution in [0.15, 0.2) is 44.7 Å². The molecule has 1 fully saturated rings. The first-order chi connectivity index (χ1) is 11.8. The highest BCUT2D eigenvalue weighted by Crippen LogP contribution is 2.31. The van der Waals surface area contributed by atoms with E-state index in [9.17, 15) is 13.2 Å². The van der Waals surface area contributed by atoms with Gasteiger partial charge in [-0.2, -0.15) is 17.4 Å². The van der Waals surface area contributed by atoms with Crippen LogP contribution in [0.4, 0.5) is 5.69 Å². The van der Waals surface area contributed by atoms with Crippen LogP contribution in [0.1, 0.15) is 17.3 Å². The van der Waals surface area contributed by atoms with E-state index in [0.29, 0.717) is 12.1 Å². The average molecular weight is 509 g/mol. The Morgan fingerprint density at radius 2 is 2.00 bits per heavy atom. The Hall–Kier alpha value is -0.780. The Labute approximate surface area is 167 Å². The number of thiophene rings is 1. The summed E-state index contributed by atoms with van der Waals surface area (Å²) in [5.74, 6) is -0.362. The summed E-state index contributed by atoms with van der Waals surface area (Å²) in [6.07, 6.45) is 0.358. The van der Waals surface area contributed by atoms with Gasteiger partial charge in [0.1, 0.15) is 6.04 Å². The SMILES string of the molecule is CN1[C@H](C(=O)Nc2cc(Br)cc(Br)c2)C[C@H](c2cccs2)NS1(=O)=O. The summed E-state index contributed by atoms with van der Waals surface area (Å²) in [5, 5.41) is 4.68. The lowest BCUT2D eigenvalue weighted by Crippen LogP contribution is -2.55. The molecule has 6 nitrogen and oxygen atoms in total. The van der Waals surface area contributed by atoms with Gasteiger partial charge in [0, 0.05) is 26.6 Å². The molecule has 1 aromatic heterocycles. The van der Waals surface area contributed by atoms with E-state index >= 15 is 0 Å². The molecular formula is C15H15Br2N3O3S2. The first-order valence-corrected chi connectivity index (χ1v) is 11.2. The van der Waals surface area contributed by atoms with Crippen LogP contribution in [0, 0.1) is 0 Å². The van der Waals surface area contributed by atoms with E-state index in [1.54, 1.807) is 12.1 Å². The topological polar surface area (TPSA) is 78.5 Å². The van der Waals surface area contributed by atoms with Crippen molar-refractivity contribution in [1.29, 1.82) is 0 Å². The third-order valence-electron chi connectivity index (χ3n) is 3.89. The number of benzene rings is 1. The van der Waals surface area contributed by atoms with Gasteiger partial charge in [-0.05, 0) is 36.1 Å². The fourth-order valence-electron chi connectivity index (χ4n) is 2.64. The number of carbonyl (C=O) groups excluding carboxylic acids is 1. The Morgan fingerprint density at radius 1 is 1.32 bits per heavy atom. The Kier molecular flexibility index (Phi) is 5.66. The molecule has 0 spiro atoms. The number of hydrogen-bond acceptors (Lipinski definition) is 4. The molecular weight excluding hydrogens is 494 g/mol. The summed E-state index contributed by atoms with van der Waals surface area (Å²) in [6.45, 7) is 0. The van der Waals surface area contributed by atoms with Crippen molar-refractivity contribution in [3.05, 3.63) is 49.5 Å². The number of carbonyl (C=O) groups is 1. The van der Waals surface area contributed by atoms with E-state index in [0.717, 1.165) is 18.1 Å². The highest BCUT2D eigenvalue weighted by molar-refractivity contribution is 9.11. The van der Waals surface area contributed by atoms with Gasteiger partial charge in [0.2, 0.25) is 5.91 Å². The molecule has 25 heavy (non-hydrogen) atoms. The number of nitrogens with zero attached hydrogens (tertiary/aromatic N) is 1. The van der Waals surface area contributed by atoms with Gasteiger partial charge in [0.15, 0.2) is 0 Å². The van der Waals surface area contributed by atoms with Gasteiger partial charge in [-0.1, -0.05) is 37.9 Å². The van der Waals surface area contributed by atoms with E-state index < -0.39 is 22.3 Å². The van der Waals surface area contributed by atoms with Gasteiger partial charge < -0.3 is 5.32 Å². The number of anilines is 1. The maximum absolute atomic E-state index is 12.7. The first-order valence-electron chi connectivity index (χ1n) is 7.32. The van der Waals surface area contributed by atoms with Crippen molar-refractivity contribution in [1.82, 2.24) is 9.03 Å². The number of hydrogen-bond donors (Lipinski definition) is 2. The second-order valence-corrected chi connectivity index (χ2v) is 10.2. The van der Waals surface area contributed by atoms with Gasteiger partial charge in [0.25, 0.3) is 10.2 Å². The smallest absolute Gasteiger partial charge is 0.280 e. The average Bonchev–Trinajstić information content (AvgIpc) is 3.02. The van der Waals surface area contributed by atoms with Crippen molar-refractivity contribution in [3.63, 3.8) is 0 Å². The van der Waals surface area contributed by atoms with Crippen LogP contribution in [-0.4, -0.2) is 31.7 Å². The Bertz CT molecular complexity index is 867. The zero-order valence-electron chi connectivity index (χ0n) is 13.1. The van der Waals surface area contributed by atoms with Crippen molar-refractivity contribution in [2.75, 3.05) is 12.4 Å². The summed E-state index contributed by atoms with van der Waals surface area (Å²) in [4.78, 5) is 13.6. The molecule has 2 atom stereocenters. The van der Waals surface area contributed by atoms with Crippen LogP contribution >= 0.6 is 43.2 Å². The van der Waals surface area contributed by atoms with E-state index in [1.165, 1.54) is 18.4 Å². The van der Waals surface area contributed by atoms with Gasteiger partial charge in [-0.25, -0.2) is 0 Å². The maximum Gasteiger partial charge on any atom is 0.280 e. The van der Waals surface area contributed by atoms with E-state index in [-0.39, 0.29) is 5.91 Å². The van der Waals surface area contributed by atoms with E-state index in [4.69, 9.17) is 0 Å². The molecule has 1 amide bonds. The number of likely N-dealkylation sites (N-methyl/N-ethyl adjacent to an activating group) is 1. The Balaban J connectivity index is 1.84. The minimum atomic E-state index is -3.73. The molecule has 1 aliphatic heterocycles. The van der Waals surface area contributed by atoms with Crippen molar-refractivity contribution >= 4 is 65.0 Å². The summed E-state index contributed by atoms with van der Waals surface area (Å²) in [6, 6.07) is 7.89. The summed E-state index contributed by atoms with van der Waals surface area (Å²) >= 11 is 8.20. The second-order valence-electron chi connectivity index (χ2n) is 5.61. The molecule has 1 saturated heterocycles. The molecule has 10 heteroatoms. The molecule has 3 rings (SSSR count). The quantitative estimate of drug-likeness (QED) is 0.666. The van der Waals surface area contributed by atoms with Gasteiger partial charge in [0.05, 0.1) is 6.04 Å². The fourth-order valence-corrected chi connectivity index (χ4v) is 6.06. The molecule has 0 radical (unpaired) electrons. The molecule has 0 bridgehead atoms. The summed E-state index contributed by atoms with van der Waals surface area (Å²) in [5.41, 5.74) is 0.586. The number of halogens is 2. The van der Waals surface area contributed by atoms with Gasteiger partial charge >= 0.3 is 0 Å².